The van der Waals surface area contributed by atoms with Crippen LogP contribution in [0.2, 0.25) is 0 Å². The van der Waals surface area contributed by atoms with E-state index in [2.05, 4.69) is 31.6 Å². The van der Waals surface area contributed by atoms with Gasteiger partial charge in [0.1, 0.15) is 48.6 Å². The number of rotatable bonds is 19. The Hall–Kier alpha value is -4.45. The molecule has 0 saturated carbocycles. The molecule has 0 bridgehead atoms. The fraction of sp³-hybridized carbons (Fsp3) is 0.710. The molecule has 1 saturated heterocycles. The summed E-state index contributed by atoms with van der Waals surface area (Å²) in [7, 11) is 0. The Morgan fingerprint density at radius 2 is 1.64 bits per heavy atom. The van der Waals surface area contributed by atoms with E-state index in [1.54, 1.807) is 27.7 Å². The molecule has 14 N–H and O–H groups in total. The molecule has 1 aromatic rings. The summed E-state index contributed by atoms with van der Waals surface area (Å²) >= 11 is 0. The van der Waals surface area contributed by atoms with E-state index in [1.807, 2.05) is 4.98 Å². The number of ether oxygens (including phenoxy) is 1. The highest BCUT2D eigenvalue weighted by Gasteiger charge is 2.50. The minimum absolute atomic E-state index is 0.0523. The van der Waals surface area contributed by atoms with Crippen LogP contribution in [0, 0.1) is 11.8 Å². The van der Waals surface area contributed by atoms with Crippen LogP contribution < -0.4 is 43.6 Å². The zero-order valence-electron chi connectivity index (χ0n) is 29.7. The highest BCUT2D eigenvalue weighted by atomic mass is 16.6. The topological polar surface area (TPSA) is 352 Å². The molecule has 1 aromatic heterocycles. The van der Waals surface area contributed by atoms with Gasteiger partial charge >= 0.3 is 17.6 Å². The number of carboxylic acid groups (broad SMARTS) is 2. The van der Waals surface area contributed by atoms with Crippen molar-refractivity contribution < 1.29 is 54.6 Å². The highest BCUT2D eigenvalue weighted by molar-refractivity contribution is 5.91. The maximum absolute atomic E-state index is 13.7. The zero-order chi connectivity index (χ0) is 39.7. The van der Waals surface area contributed by atoms with Gasteiger partial charge in [0, 0.05) is 25.4 Å². The molecule has 53 heavy (non-hydrogen) atoms. The predicted octanol–water partition coefficient (Wildman–Crippen LogP) is -5.69. The standard InChI is InChI=1S/C31H51N9O13/c1-12(2)16(28(48)49)38-17(14-6-10-35-30(32)36-14)26(47)39-18(20(42)13(3)4)25(46)34-9-5-8-33-19(29(50)51)21(43)24-22(44)23(45)27(53-24)40-11-7-15(41)37-31(40)52/h7,11-14,16-24,27,33,38,42-45H,5-6,8-10H2,1-4H3,(H,34,46)(H,39,47)(H,48,49)(H,50,51)(H3,32,35,36)(H,37,41,52)/t14-,16-,17-,18-,19-,20-,21-,22-,23+,24+,27+/m0/s1. The number of carbonyl (C=O) groups is 4. The molecule has 11 atom stereocenters. The Morgan fingerprint density at radius 3 is 2.21 bits per heavy atom. The van der Waals surface area contributed by atoms with Gasteiger partial charge in [-0.1, -0.05) is 27.7 Å². The first kappa shape index (κ1) is 43.0. The molecule has 0 aliphatic carbocycles. The Labute approximate surface area is 303 Å². The molecule has 22 heteroatoms. The number of aliphatic imine (C=N–C) groups is 1. The number of nitrogens with zero attached hydrogens (tertiary/aromatic N) is 2. The number of aliphatic carboxylic acids is 2. The molecular formula is C31H51N9O13. The predicted molar refractivity (Wildman–Crippen MR) is 184 cm³/mol. The van der Waals surface area contributed by atoms with Gasteiger partial charge in [-0.05, 0) is 31.2 Å². The minimum Gasteiger partial charge on any atom is -0.480 e. The third-order valence-corrected chi connectivity index (χ3v) is 9.00. The summed E-state index contributed by atoms with van der Waals surface area (Å²) in [6, 6.07) is -5.33. The maximum atomic E-state index is 13.7. The summed E-state index contributed by atoms with van der Waals surface area (Å²) in [5.74, 6) is -5.20. The molecule has 3 rings (SSSR count). The number of carboxylic acids is 2. The first-order valence-corrected chi connectivity index (χ1v) is 17.1. The van der Waals surface area contributed by atoms with E-state index in [4.69, 9.17) is 10.5 Å². The average molecular weight is 758 g/mol. The van der Waals surface area contributed by atoms with E-state index in [9.17, 15) is 59.4 Å². The molecule has 2 amide bonds. The second-order valence-corrected chi connectivity index (χ2v) is 13.6. The van der Waals surface area contributed by atoms with Crippen LogP contribution in [0.4, 0.5) is 0 Å². The monoisotopic (exact) mass is 757 g/mol. The number of carbonyl (C=O) groups excluding carboxylic acids is 2. The Balaban J connectivity index is 1.64. The first-order chi connectivity index (χ1) is 24.8. The number of nitrogens with two attached hydrogens (primary N) is 1. The molecular weight excluding hydrogens is 706 g/mol. The van der Waals surface area contributed by atoms with Crippen molar-refractivity contribution in [2.75, 3.05) is 19.6 Å². The molecule has 2 aliphatic heterocycles. The smallest absolute Gasteiger partial charge is 0.330 e. The lowest BCUT2D eigenvalue weighted by Gasteiger charge is -2.35. The van der Waals surface area contributed by atoms with Crippen molar-refractivity contribution in [1.82, 2.24) is 36.1 Å². The van der Waals surface area contributed by atoms with Crippen LogP contribution in [-0.2, 0) is 23.9 Å². The summed E-state index contributed by atoms with van der Waals surface area (Å²) in [5, 5.41) is 75.7. The minimum atomic E-state index is -1.95. The SMILES string of the molecule is CC(C)[C@H](N[C@H](C(=O)N[C@H](C(=O)NCCCN[C@H](C(=O)O)[C@H](O)[C@H]1O[C@@H](n2ccc(=O)[nH]c2=O)[C@H](O)[C@@H]1O)[C@@H](O)C(C)C)[C@@H]1CCN=C(N)N1)C(=O)O. The van der Waals surface area contributed by atoms with Crippen LogP contribution in [0.15, 0.2) is 26.8 Å². The zero-order valence-corrected chi connectivity index (χ0v) is 29.7. The molecule has 2 aliphatic rings. The lowest BCUT2D eigenvalue weighted by molar-refractivity contribution is -0.149. The number of hydrogen-bond acceptors (Lipinski definition) is 16. The summed E-state index contributed by atoms with van der Waals surface area (Å²) in [4.78, 5) is 80.6. The quantitative estimate of drug-likeness (QED) is 0.0585. The van der Waals surface area contributed by atoms with Crippen LogP contribution in [-0.4, -0.2) is 150 Å². The van der Waals surface area contributed by atoms with E-state index in [1.165, 1.54) is 0 Å². The van der Waals surface area contributed by atoms with Gasteiger partial charge in [0.2, 0.25) is 11.8 Å². The second-order valence-electron chi connectivity index (χ2n) is 13.6. The van der Waals surface area contributed by atoms with Gasteiger partial charge < -0.3 is 62.4 Å². The summed E-state index contributed by atoms with van der Waals surface area (Å²) in [6.45, 7) is 6.59. The number of H-pyrrole nitrogens is 1. The molecule has 22 nitrogen and oxygen atoms in total. The third-order valence-electron chi connectivity index (χ3n) is 9.00. The second kappa shape index (κ2) is 19.0. The maximum Gasteiger partial charge on any atom is 0.330 e. The van der Waals surface area contributed by atoms with Gasteiger partial charge in [0.15, 0.2) is 12.2 Å². The number of amides is 2. The molecule has 1 fully saturated rings. The van der Waals surface area contributed by atoms with Crippen LogP contribution in [0.5, 0.6) is 0 Å². The molecule has 0 unspecified atom stereocenters. The van der Waals surface area contributed by atoms with Crippen molar-refractivity contribution in [3.63, 3.8) is 0 Å². The van der Waals surface area contributed by atoms with Crippen molar-refractivity contribution in [1.29, 1.82) is 0 Å². The number of aromatic amines is 1. The van der Waals surface area contributed by atoms with Gasteiger partial charge in [0.05, 0.1) is 12.1 Å². The van der Waals surface area contributed by atoms with E-state index < -0.39 is 114 Å². The summed E-state index contributed by atoms with van der Waals surface area (Å²) in [6.07, 6.45) is -8.79. The van der Waals surface area contributed by atoms with Crippen LogP contribution in [0.3, 0.4) is 0 Å². The number of aromatic nitrogens is 2. The fourth-order valence-corrected chi connectivity index (χ4v) is 5.97. The molecule has 298 valence electrons. The van der Waals surface area contributed by atoms with E-state index in [-0.39, 0.29) is 32.0 Å². The van der Waals surface area contributed by atoms with Gasteiger partial charge in [-0.15, -0.1) is 0 Å². The largest absolute Gasteiger partial charge is 0.480 e. The van der Waals surface area contributed by atoms with Crippen molar-refractivity contribution in [2.24, 2.45) is 22.6 Å². The van der Waals surface area contributed by atoms with Crippen LogP contribution in [0.1, 0.15) is 46.8 Å². The third kappa shape index (κ3) is 11.0. The summed E-state index contributed by atoms with van der Waals surface area (Å²) < 4.78 is 6.24. The molecule has 0 radical (unpaired) electrons. The Bertz CT molecular complexity index is 1580. The van der Waals surface area contributed by atoms with Crippen LogP contribution in [0.25, 0.3) is 0 Å². The molecule has 0 aromatic carbocycles. The van der Waals surface area contributed by atoms with Crippen molar-refractivity contribution in [2.45, 2.75) is 107 Å². The highest BCUT2D eigenvalue weighted by Crippen LogP contribution is 2.31. The fourth-order valence-electron chi connectivity index (χ4n) is 5.97. The van der Waals surface area contributed by atoms with Crippen molar-refractivity contribution in [3.05, 3.63) is 33.1 Å². The number of hydrogen-bond donors (Lipinski definition) is 13. The number of guanidine groups is 1. The van der Waals surface area contributed by atoms with Crippen molar-refractivity contribution in [3.8, 4) is 0 Å². The van der Waals surface area contributed by atoms with Crippen molar-refractivity contribution >= 4 is 29.7 Å². The summed E-state index contributed by atoms with van der Waals surface area (Å²) in [5.41, 5.74) is 4.12. The van der Waals surface area contributed by atoms with E-state index >= 15 is 0 Å². The molecule has 0 spiro atoms. The number of nitrogens with one attached hydrogen (secondary N) is 6. The normalized spacial score (nSPS) is 25.0. The van der Waals surface area contributed by atoms with Gasteiger partial charge in [-0.2, -0.15) is 0 Å². The van der Waals surface area contributed by atoms with Gasteiger partial charge in [-0.3, -0.25) is 43.8 Å². The lowest BCUT2D eigenvalue weighted by Crippen LogP contribution is -2.66. The van der Waals surface area contributed by atoms with E-state index in [0.29, 0.717) is 6.42 Å². The first-order valence-electron chi connectivity index (χ1n) is 17.1. The number of aliphatic hydroxyl groups excluding tert-OH is 4. The van der Waals surface area contributed by atoms with E-state index in [0.717, 1.165) is 16.8 Å². The molecule has 3 heterocycles. The van der Waals surface area contributed by atoms with Gasteiger partial charge in [-0.25, -0.2) is 4.79 Å². The Morgan fingerprint density at radius 1 is 0.981 bits per heavy atom. The lowest BCUT2D eigenvalue weighted by atomic mass is 9.95. The van der Waals surface area contributed by atoms with Crippen LogP contribution >= 0.6 is 0 Å². The average Bonchev–Trinajstić information content (AvgIpc) is 3.37. The van der Waals surface area contributed by atoms with Gasteiger partial charge in [0.25, 0.3) is 5.56 Å². The Kier molecular flexibility index (Phi) is 15.4. The number of aliphatic hydroxyl groups is 4.